The van der Waals surface area contributed by atoms with E-state index in [-0.39, 0.29) is 18.0 Å². The standard InChI is InChI=1S/C27H39N5O4/c1-18-22(17-36-31-18)16-35-25-6-5-21-14-32(10-8-19(21)11-25)15-24(33)13-29-27(34)20-7-9-28-26(12-20)30-23-3-2-4-23/h5-6,11,17,20,23-24,26,28,30,33H,2-4,7-10,12-16H2,1H3,(H,29,34)/t20?,24-,26?/m0/s1. The highest BCUT2D eigenvalue weighted by atomic mass is 16.5. The third-order valence-electron chi connectivity index (χ3n) is 7.81. The highest BCUT2D eigenvalue weighted by Gasteiger charge is 2.30. The minimum Gasteiger partial charge on any atom is -0.489 e. The lowest BCUT2D eigenvalue weighted by molar-refractivity contribution is -0.126. The quantitative estimate of drug-likeness (QED) is 0.394. The van der Waals surface area contributed by atoms with Crippen LogP contribution in [0.1, 0.15) is 54.5 Å². The number of nitrogens with one attached hydrogen (secondary N) is 3. The molecule has 36 heavy (non-hydrogen) atoms. The average molecular weight is 498 g/mol. The van der Waals surface area contributed by atoms with Crippen LogP contribution in [-0.2, 0) is 24.4 Å². The van der Waals surface area contributed by atoms with Crippen molar-refractivity contribution < 1.29 is 19.2 Å². The van der Waals surface area contributed by atoms with Gasteiger partial charge in [-0.25, -0.2) is 0 Å². The second-order valence-corrected chi connectivity index (χ2v) is 10.6. The molecule has 2 unspecified atom stereocenters. The number of rotatable bonds is 10. The Labute approximate surface area is 212 Å². The zero-order chi connectivity index (χ0) is 24.9. The van der Waals surface area contributed by atoms with Crippen LogP contribution in [0.2, 0.25) is 0 Å². The molecule has 1 aromatic heterocycles. The Morgan fingerprint density at radius 2 is 2.22 bits per heavy atom. The summed E-state index contributed by atoms with van der Waals surface area (Å²) in [7, 11) is 0. The van der Waals surface area contributed by atoms with Crippen molar-refractivity contribution in [3.05, 3.63) is 46.8 Å². The molecule has 2 aliphatic heterocycles. The smallest absolute Gasteiger partial charge is 0.223 e. The lowest BCUT2D eigenvalue weighted by atomic mass is 9.90. The Bertz CT molecular complexity index is 1020. The molecule has 1 aromatic carbocycles. The van der Waals surface area contributed by atoms with Crippen molar-refractivity contribution in [2.45, 2.75) is 76.9 Å². The van der Waals surface area contributed by atoms with Gasteiger partial charge in [-0.15, -0.1) is 0 Å². The zero-order valence-corrected chi connectivity index (χ0v) is 21.2. The molecule has 2 fully saturated rings. The van der Waals surface area contributed by atoms with Crippen molar-refractivity contribution >= 4 is 5.91 Å². The van der Waals surface area contributed by atoms with Crippen molar-refractivity contribution in [2.24, 2.45) is 5.92 Å². The number of hydrogen-bond acceptors (Lipinski definition) is 8. The lowest BCUT2D eigenvalue weighted by Crippen LogP contribution is -2.55. The van der Waals surface area contributed by atoms with Gasteiger partial charge >= 0.3 is 0 Å². The Morgan fingerprint density at radius 1 is 1.33 bits per heavy atom. The summed E-state index contributed by atoms with van der Waals surface area (Å²) >= 11 is 0. The number of aliphatic hydroxyl groups is 1. The first-order chi connectivity index (χ1) is 17.5. The summed E-state index contributed by atoms with van der Waals surface area (Å²) in [6, 6.07) is 6.81. The van der Waals surface area contributed by atoms with Crippen LogP contribution in [0.15, 0.2) is 29.0 Å². The minimum absolute atomic E-state index is 0.00277. The summed E-state index contributed by atoms with van der Waals surface area (Å²) in [5, 5.41) is 24.6. The van der Waals surface area contributed by atoms with Crippen LogP contribution in [0.25, 0.3) is 0 Å². The van der Waals surface area contributed by atoms with Gasteiger partial charge in [0.2, 0.25) is 5.91 Å². The van der Waals surface area contributed by atoms with E-state index >= 15 is 0 Å². The Hall–Kier alpha value is -2.46. The number of aryl methyl sites for hydroxylation is 1. The Morgan fingerprint density at radius 3 is 3.00 bits per heavy atom. The van der Waals surface area contributed by atoms with Crippen LogP contribution in [-0.4, -0.2) is 65.6 Å². The number of ether oxygens (including phenoxy) is 1. The number of amides is 1. The first-order valence-electron chi connectivity index (χ1n) is 13.4. The van der Waals surface area contributed by atoms with Gasteiger partial charge < -0.3 is 25.0 Å². The predicted molar refractivity (Wildman–Crippen MR) is 135 cm³/mol. The van der Waals surface area contributed by atoms with Crippen LogP contribution >= 0.6 is 0 Å². The van der Waals surface area contributed by atoms with E-state index in [0.717, 1.165) is 55.9 Å². The third kappa shape index (κ3) is 6.45. The molecular formula is C27H39N5O4. The summed E-state index contributed by atoms with van der Waals surface area (Å²) in [5.74, 6) is 0.908. The molecule has 1 saturated heterocycles. The second-order valence-electron chi connectivity index (χ2n) is 10.6. The molecular weight excluding hydrogens is 458 g/mol. The average Bonchev–Trinajstić information content (AvgIpc) is 3.28. The van der Waals surface area contributed by atoms with Crippen LogP contribution < -0.4 is 20.7 Å². The molecule has 3 heterocycles. The molecule has 9 heteroatoms. The van der Waals surface area contributed by atoms with E-state index in [0.29, 0.717) is 25.7 Å². The van der Waals surface area contributed by atoms with Crippen molar-refractivity contribution in [3.63, 3.8) is 0 Å². The molecule has 9 nitrogen and oxygen atoms in total. The van der Waals surface area contributed by atoms with Crippen LogP contribution in [0.4, 0.5) is 0 Å². The number of nitrogens with zero attached hydrogens (tertiary/aromatic N) is 2. The van der Waals surface area contributed by atoms with Gasteiger partial charge in [-0.1, -0.05) is 17.6 Å². The fourth-order valence-corrected chi connectivity index (χ4v) is 5.31. The van der Waals surface area contributed by atoms with Gasteiger partial charge in [-0.05, 0) is 68.8 Å². The number of piperidine rings is 1. The summed E-state index contributed by atoms with van der Waals surface area (Å²) in [6.07, 6.45) is 7.59. The molecule has 5 rings (SSSR count). The van der Waals surface area contributed by atoms with Crippen molar-refractivity contribution in [2.75, 3.05) is 26.2 Å². The number of carbonyl (C=O) groups is 1. The maximum Gasteiger partial charge on any atom is 0.223 e. The Balaban J connectivity index is 1.04. The van der Waals surface area contributed by atoms with E-state index in [9.17, 15) is 9.90 Å². The van der Waals surface area contributed by atoms with Gasteiger partial charge in [0.1, 0.15) is 18.6 Å². The van der Waals surface area contributed by atoms with Gasteiger partial charge in [0.15, 0.2) is 0 Å². The number of fused-ring (bicyclic) bond motifs is 1. The van der Waals surface area contributed by atoms with Gasteiger partial charge in [-0.3, -0.25) is 15.0 Å². The summed E-state index contributed by atoms with van der Waals surface area (Å²) in [6.45, 7) is 5.69. The SMILES string of the molecule is Cc1nocc1COc1ccc2c(c1)CCN(C[C@@H](O)CNC(=O)C1CCNC(NC3CCC3)C1)C2. The summed E-state index contributed by atoms with van der Waals surface area (Å²) in [5.41, 5.74) is 4.33. The number of β-amino-alcohol motifs (C(OH)–C–C–N with tert-alkyl or cyclic N) is 1. The summed E-state index contributed by atoms with van der Waals surface area (Å²) < 4.78 is 10.9. The molecule has 4 N–H and O–H groups in total. The highest BCUT2D eigenvalue weighted by Crippen LogP contribution is 2.25. The van der Waals surface area contributed by atoms with E-state index in [1.807, 2.05) is 13.0 Å². The molecule has 0 radical (unpaired) electrons. The monoisotopic (exact) mass is 497 g/mol. The van der Waals surface area contributed by atoms with E-state index in [1.54, 1.807) is 6.26 Å². The molecule has 2 aromatic rings. The fraction of sp³-hybridized carbons (Fsp3) is 0.630. The number of carbonyl (C=O) groups excluding carboxylic acids is 1. The van der Waals surface area contributed by atoms with Gasteiger partial charge in [0.25, 0.3) is 0 Å². The van der Waals surface area contributed by atoms with E-state index < -0.39 is 6.10 Å². The van der Waals surface area contributed by atoms with E-state index in [4.69, 9.17) is 9.26 Å². The molecule has 196 valence electrons. The fourth-order valence-electron chi connectivity index (χ4n) is 5.31. The second kappa shape index (κ2) is 11.7. The number of hydrogen-bond donors (Lipinski definition) is 4. The van der Waals surface area contributed by atoms with Crippen molar-refractivity contribution in [3.8, 4) is 5.75 Å². The molecule has 1 saturated carbocycles. The highest BCUT2D eigenvalue weighted by molar-refractivity contribution is 5.78. The number of benzene rings is 1. The molecule has 0 bridgehead atoms. The molecule has 3 aliphatic rings. The topological polar surface area (TPSA) is 112 Å². The van der Waals surface area contributed by atoms with Crippen molar-refractivity contribution in [1.29, 1.82) is 0 Å². The maximum atomic E-state index is 12.7. The first-order valence-corrected chi connectivity index (χ1v) is 13.4. The van der Waals surface area contributed by atoms with Crippen LogP contribution in [0.5, 0.6) is 5.75 Å². The molecule has 3 atom stereocenters. The minimum atomic E-state index is -0.587. The van der Waals surface area contributed by atoms with E-state index in [1.165, 1.54) is 30.4 Å². The van der Waals surface area contributed by atoms with Gasteiger partial charge in [-0.2, -0.15) is 0 Å². The predicted octanol–water partition coefficient (Wildman–Crippen LogP) is 1.87. The van der Waals surface area contributed by atoms with Crippen LogP contribution in [0, 0.1) is 12.8 Å². The zero-order valence-electron chi connectivity index (χ0n) is 21.2. The summed E-state index contributed by atoms with van der Waals surface area (Å²) in [4.78, 5) is 15.0. The molecule has 1 aliphatic carbocycles. The van der Waals surface area contributed by atoms with Crippen molar-refractivity contribution in [1.82, 2.24) is 26.0 Å². The van der Waals surface area contributed by atoms with Gasteiger partial charge in [0.05, 0.1) is 23.5 Å². The largest absolute Gasteiger partial charge is 0.489 e. The van der Waals surface area contributed by atoms with Gasteiger partial charge in [0, 0.05) is 38.1 Å². The molecule has 1 amide bonds. The third-order valence-corrected chi connectivity index (χ3v) is 7.81. The van der Waals surface area contributed by atoms with E-state index in [2.05, 4.69) is 38.1 Å². The lowest BCUT2D eigenvalue weighted by Gasteiger charge is -2.36. The number of aromatic nitrogens is 1. The Kier molecular flexibility index (Phi) is 8.21. The normalized spacial score (nSPS) is 23.5. The molecule has 0 spiro atoms. The van der Waals surface area contributed by atoms with Crippen LogP contribution in [0.3, 0.4) is 0 Å². The maximum absolute atomic E-state index is 12.7. The first kappa shape index (κ1) is 25.2. The number of aliphatic hydroxyl groups excluding tert-OH is 1.